The number of furan rings is 2. The number of aromatic nitrogens is 2. The molecule has 0 bridgehead atoms. The quantitative estimate of drug-likeness (QED) is 0.604. The minimum Gasteiger partial charge on any atom is -0.463 e. The average Bonchev–Trinajstić information content (AvgIpc) is 3.19. The Hall–Kier alpha value is -2.12. The molecule has 0 unspecified atom stereocenters. The highest BCUT2D eigenvalue weighted by molar-refractivity contribution is 9.10. The fraction of sp³-hybridized carbons (Fsp3) is 0.0769. The van der Waals surface area contributed by atoms with Gasteiger partial charge >= 0.3 is 0 Å². The molecular weight excluding hydrogens is 326 g/mol. The van der Waals surface area contributed by atoms with Crippen LogP contribution in [0.25, 0.3) is 33.3 Å². The molecule has 3 heterocycles. The van der Waals surface area contributed by atoms with Crippen LogP contribution in [0.4, 0.5) is 0 Å². The van der Waals surface area contributed by atoms with Crippen molar-refractivity contribution in [3.8, 4) is 11.4 Å². The van der Waals surface area contributed by atoms with Crippen molar-refractivity contribution in [1.29, 1.82) is 0 Å². The summed E-state index contributed by atoms with van der Waals surface area (Å²) >= 11 is 3.53. The summed E-state index contributed by atoms with van der Waals surface area (Å²) in [6, 6.07) is 3.70. The molecule has 2 N–H and O–H groups in total. The number of nitrogens with zero attached hydrogens (tertiary/aromatic N) is 2. The normalized spacial score (nSPS) is 11.7. The monoisotopic (exact) mass is 333 g/mol. The molecule has 0 spiro atoms. The van der Waals surface area contributed by atoms with Gasteiger partial charge in [-0.15, -0.1) is 0 Å². The lowest BCUT2D eigenvalue weighted by atomic mass is 10.1. The van der Waals surface area contributed by atoms with Crippen molar-refractivity contribution >= 4 is 37.9 Å². The summed E-state index contributed by atoms with van der Waals surface area (Å²) in [5.74, 6) is 0.809. The van der Waals surface area contributed by atoms with Crippen LogP contribution < -0.4 is 5.73 Å². The predicted octanol–water partition coefficient (Wildman–Crippen LogP) is 3.45. The maximum Gasteiger partial charge on any atom is 0.240 e. The van der Waals surface area contributed by atoms with Crippen molar-refractivity contribution in [2.75, 3.05) is 0 Å². The molecule has 100 valence electrons. The van der Waals surface area contributed by atoms with E-state index in [-0.39, 0.29) is 6.54 Å². The number of fused-ring (bicyclic) bond motifs is 2. The Kier molecular flexibility index (Phi) is 2.45. The third-order valence-corrected chi connectivity index (χ3v) is 3.92. The molecule has 3 aromatic heterocycles. The largest absolute Gasteiger partial charge is 0.463 e. The van der Waals surface area contributed by atoms with E-state index in [9.17, 15) is 0 Å². The summed E-state index contributed by atoms with van der Waals surface area (Å²) in [7, 11) is 0. The Morgan fingerprint density at radius 3 is 2.60 bits per heavy atom. The van der Waals surface area contributed by atoms with Gasteiger partial charge in [0, 0.05) is 10.8 Å². The Morgan fingerprint density at radius 2 is 1.85 bits per heavy atom. The summed E-state index contributed by atoms with van der Waals surface area (Å²) in [5, 5.41) is 5.70. The maximum absolute atomic E-state index is 5.58. The molecule has 0 aliphatic carbocycles. The fourth-order valence-corrected chi connectivity index (χ4v) is 2.88. The molecule has 6 nitrogen and oxygen atoms in total. The highest BCUT2D eigenvalue weighted by Gasteiger charge is 2.21. The second-order valence-electron chi connectivity index (χ2n) is 4.23. The molecule has 0 aliphatic rings. The van der Waals surface area contributed by atoms with E-state index in [0.717, 1.165) is 20.8 Å². The highest BCUT2D eigenvalue weighted by atomic mass is 79.9. The average molecular weight is 334 g/mol. The molecule has 0 amide bonds. The molecule has 0 saturated heterocycles. The molecule has 4 aromatic rings. The second-order valence-corrected chi connectivity index (χ2v) is 5.02. The van der Waals surface area contributed by atoms with Crippen LogP contribution in [-0.4, -0.2) is 10.1 Å². The smallest absolute Gasteiger partial charge is 0.240 e. The SMILES string of the molecule is NCc1nc(-c2c3ccoc3c(Br)c3ccoc23)no1. The van der Waals surface area contributed by atoms with E-state index in [1.165, 1.54) is 0 Å². The van der Waals surface area contributed by atoms with E-state index in [4.69, 9.17) is 19.1 Å². The first-order valence-electron chi connectivity index (χ1n) is 5.88. The van der Waals surface area contributed by atoms with Crippen LogP contribution in [-0.2, 0) is 6.54 Å². The minimum atomic E-state index is 0.194. The standard InChI is InChI=1S/C13H8BrN3O3/c14-10-7-2-4-18-11(7)9(6-1-3-19-12(6)10)13-16-8(5-15)20-17-13/h1-4H,5,15H2. The second kappa shape index (κ2) is 4.19. The zero-order chi connectivity index (χ0) is 13.7. The molecule has 0 radical (unpaired) electrons. The maximum atomic E-state index is 5.58. The van der Waals surface area contributed by atoms with E-state index in [1.807, 2.05) is 12.1 Å². The van der Waals surface area contributed by atoms with Gasteiger partial charge in [-0.1, -0.05) is 5.16 Å². The zero-order valence-corrected chi connectivity index (χ0v) is 11.7. The van der Waals surface area contributed by atoms with Gasteiger partial charge in [0.05, 0.1) is 29.1 Å². The van der Waals surface area contributed by atoms with E-state index < -0.39 is 0 Å². The van der Waals surface area contributed by atoms with Crippen LogP contribution in [0.1, 0.15) is 5.89 Å². The van der Waals surface area contributed by atoms with Gasteiger partial charge in [0.2, 0.25) is 11.7 Å². The molecule has 20 heavy (non-hydrogen) atoms. The third-order valence-electron chi connectivity index (χ3n) is 3.13. The van der Waals surface area contributed by atoms with Crippen LogP contribution in [0.15, 0.2) is 42.5 Å². The topological polar surface area (TPSA) is 91.2 Å². The summed E-state index contributed by atoms with van der Waals surface area (Å²) < 4.78 is 17.0. The van der Waals surface area contributed by atoms with Gasteiger partial charge in [-0.2, -0.15) is 4.98 Å². The summed E-state index contributed by atoms with van der Waals surface area (Å²) in [5.41, 5.74) is 7.63. The predicted molar refractivity (Wildman–Crippen MR) is 74.9 cm³/mol. The van der Waals surface area contributed by atoms with Gasteiger partial charge in [0.15, 0.2) is 0 Å². The van der Waals surface area contributed by atoms with Crippen LogP contribution in [0.3, 0.4) is 0 Å². The summed E-state index contributed by atoms with van der Waals surface area (Å²) in [6.07, 6.45) is 3.23. The zero-order valence-electron chi connectivity index (χ0n) is 10.1. The molecule has 1 aromatic carbocycles. The third kappa shape index (κ3) is 1.47. The lowest BCUT2D eigenvalue weighted by Gasteiger charge is -2.02. The first-order valence-corrected chi connectivity index (χ1v) is 6.67. The Bertz CT molecular complexity index is 870. The van der Waals surface area contributed by atoms with Crippen LogP contribution in [0.5, 0.6) is 0 Å². The van der Waals surface area contributed by atoms with Crippen molar-refractivity contribution in [3.63, 3.8) is 0 Å². The van der Waals surface area contributed by atoms with Gasteiger partial charge < -0.3 is 19.1 Å². The van der Waals surface area contributed by atoms with Gasteiger partial charge in [-0.05, 0) is 28.1 Å². The van der Waals surface area contributed by atoms with Gasteiger partial charge in [-0.3, -0.25) is 0 Å². The van der Waals surface area contributed by atoms with E-state index >= 15 is 0 Å². The molecular formula is C13H8BrN3O3. The molecule has 0 saturated carbocycles. The number of hydrogen-bond donors (Lipinski definition) is 1. The van der Waals surface area contributed by atoms with Crippen molar-refractivity contribution in [3.05, 3.63) is 35.0 Å². The van der Waals surface area contributed by atoms with Crippen molar-refractivity contribution in [1.82, 2.24) is 10.1 Å². The molecule has 7 heteroatoms. The van der Waals surface area contributed by atoms with Gasteiger partial charge in [0.25, 0.3) is 0 Å². The van der Waals surface area contributed by atoms with E-state index in [2.05, 4.69) is 26.1 Å². The van der Waals surface area contributed by atoms with Crippen molar-refractivity contribution < 1.29 is 13.4 Å². The molecule has 0 aliphatic heterocycles. The Morgan fingerprint density at radius 1 is 1.10 bits per heavy atom. The number of rotatable bonds is 2. The molecule has 4 rings (SSSR count). The van der Waals surface area contributed by atoms with Crippen molar-refractivity contribution in [2.45, 2.75) is 6.54 Å². The lowest BCUT2D eigenvalue weighted by molar-refractivity contribution is 0.380. The van der Waals surface area contributed by atoms with Gasteiger partial charge in [-0.25, -0.2) is 0 Å². The van der Waals surface area contributed by atoms with Crippen LogP contribution in [0.2, 0.25) is 0 Å². The minimum absolute atomic E-state index is 0.194. The number of halogens is 1. The van der Waals surface area contributed by atoms with Crippen molar-refractivity contribution in [2.24, 2.45) is 5.73 Å². The Balaban J connectivity index is 2.16. The van der Waals surface area contributed by atoms with Gasteiger partial charge in [0.1, 0.15) is 11.2 Å². The number of benzene rings is 1. The van der Waals surface area contributed by atoms with Crippen LogP contribution in [0, 0.1) is 0 Å². The van der Waals surface area contributed by atoms with Crippen LogP contribution >= 0.6 is 15.9 Å². The first kappa shape index (κ1) is 11.7. The number of hydrogen-bond acceptors (Lipinski definition) is 6. The molecule has 0 fully saturated rings. The van der Waals surface area contributed by atoms with E-state index in [0.29, 0.717) is 22.9 Å². The Labute approximate surface area is 120 Å². The molecule has 0 atom stereocenters. The number of nitrogens with two attached hydrogens (primary N) is 1. The fourth-order valence-electron chi connectivity index (χ4n) is 2.26. The summed E-state index contributed by atoms with van der Waals surface area (Å²) in [4.78, 5) is 4.27. The lowest BCUT2D eigenvalue weighted by Crippen LogP contribution is -1.95. The first-order chi connectivity index (χ1) is 9.79. The summed E-state index contributed by atoms with van der Waals surface area (Å²) in [6.45, 7) is 0.194. The highest BCUT2D eigenvalue weighted by Crippen LogP contribution is 2.41. The van der Waals surface area contributed by atoms with E-state index in [1.54, 1.807) is 12.5 Å².